The Bertz CT molecular complexity index is 1550. The van der Waals surface area contributed by atoms with Gasteiger partial charge in [0.15, 0.2) is 11.5 Å². The predicted molar refractivity (Wildman–Crippen MR) is 145 cm³/mol. The van der Waals surface area contributed by atoms with E-state index in [-0.39, 0.29) is 12.5 Å². The molecule has 0 fully saturated rings. The second kappa shape index (κ2) is 11.3. The lowest BCUT2D eigenvalue weighted by molar-refractivity contribution is -0.117. The van der Waals surface area contributed by atoms with Crippen molar-refractivity contribution in [3.63, 3.8) is 0 Å². The van der Waals surface area contributed by atoms with E-state index in [1.165, 1.54) is 0 Å². The monoisotopic (exact) mass is 507 g/mol. The molecule has 0 radical (unpaired) electrons. The van der Waals surface area contributed by atoms with Crippen LogP contribution in [0, 0.1) is 0 Å². The molecule has 190 valence electrons. The molecule has 0 unspecified atom stereocenters. The van der Waals surface area contributed by atoms with Gasteiger partial charge < -0.3 is 19.5 Å². The Morgan fingerprint density at radius 2 is 1.74 bits per heavy atom. The molecular weight excluding hydrogens is 482 g/mol. The number of benzene rings is 4. The molecule has 1 aliphatic rings. The number of nitrogens with one attached hydrogen (secondary N) is 2. The van der Waals surface area contributed by atoms with Gasteiger partial charge in [0, 0.05) is 11.1 Å². The molecular formula is C30H25N3O5. The quantitative estimate of drug-likeness (QED) is 0.201. The third-order valence-corrected chi connectivity index (χ3v) is 5.83. The van der Waals surface area contributed by atoms with Crippen LogP contribution in [0.25, 0.3) is 16.8 Å². The summed E-state index contributed by atoms with van der Waals surface area (Å²) in [5, 5.41) is 8.84. The van der Waals surface area contributed by atoms with Crippen LogP contribution in [0.4, 0.5) is 0 Å². The summed E-state index contributed by atoms with van der Waals surface area (Å²) in [6.45, 7) is 2.52. The molecule has 0 aliphatic carbocycles. The standard InChI is InChI=1S/C30H25N3O5/c1-2-36-26-15-13-21-8-6-7-11-23(21)24(26)18-31-33-30(35)25(32-29(34)22-9-4-3-5-10-22)16-20-12-14-27-28(17-20)38-19-37-27/h3-18H,2,19H2,1H3,(H,32,34)(H,33,35)/b25-16+,31-18-. The first kappa shape index (κ1) is 24.6. The highest BCUT2D eigenvalue weighted by atomic mass is 16.7. The van der Waals surface area contributed by atoms with Crippen LogP contribution in [0.3, 0.4) is 0 Å². The van der Waals surface area contributed by atoms with E-state index >= 15 is 0 Å². The van der Waals surface area contributed by atoms with Gasteiger partial charge >= 0.3 is 0 Å². The fraction of sp³-hybridized carbons (Fsp3) is 0.100. The predicted octanol–water partition coefficient (Wildman–Crippen LogP) is 4.89. The Kier molecular flexibility index (Phi) is 7.31. The minimum atomic E-state index is -0.596. The van der Waals surface area contributed by atoms with E-state index in [9.17, 15) is 9.59 Å². The van der Waals surface area contributed by atoms with Crippen molar-refractivity contribution in [1.82, 2.24) is 10.7 Å². The Balaban J connectivity index is 1.42. The Labute approximate surface area is 219 Å². The summed E-state index contributed by atoms with van der Waals surface area (Å²) >= 11 is 0. The molecule has 4 aromatic carbocycles. The summed E-state index contributed by atoms with van der Waals surface area (Å²) in [6.07, 6.45) is 3.10. The highest BCUT2D eigenvalue weighted by Crippen LogP contribution is 2.33. The summed E-state index contributed by atoms with van der Waals surface area (Å²) in [6, 6.07) is 25.6. The molecule has 1 aliphatic heterocycles. The highest BCUT2D eigenvalue weighted by Gasteiger charge is 2.17. The van der Waals surface area contributed by atoms with Crippen molar-refractivity contribution in [3.8, 4) is 17.2 Å². The van der Waals surface area contributed by atoms with Crippen molar-refractivity contribution >= 4 is 34.9 Å². The second-order valence-corrected chi connectivity index (χ2v) is 8.32. The van der Waals surface area contributed by atoms with E-state index in [2.05, 4.69) is 15.8 Å². The molecule has 0 aromatic heterocycles. The minimum absolute atomic E-state index is 0.0119. The lowest BCUT2D eigenvalue weighted by atomic mass is 10.0. The van der Waals surface area contributed by atoms with Crippen molar-refractivity contribution in [2.75, 3.05) is 13.4 Å². The van der Waals surface area contributed by atoms with Crippen LogP contribution < -0.4 is 25.0 Å². The molecule has 38 heavy (non-hydrogen) atoms. The number of rotatable bonds is 8. The first-order chi connectivity index (χ1) is 18.6. The van der Waals surface area contributed by atoms with Crippen LogP contribution in [-0.2, 0) is 4.79 Å². The van der Waals surface area contributed by atoms with Gasteiger partial charge in [-0.25, -0.2) is 5.43 Å². The van der Waals surface area contributed by atoms with E-state index in [0.717, 1.165) is 16.3 Å². The highest BCUT2D eigenvalue weighted by molar-refractivity contribution is 6.06. The molecule has 0 saturated heterocycles. The summed E-state index contributed by atoms with van der Waals surface area (Å²) in [5.74, 6) is 0.806. The molecule has 8 heteroatoms. The number of hydrogen-bond donors (Lipinski definition) is 2. The zero-order valence-electron chi connectivity index (χ0n) is 20.6. The fourth-order valence-corrected chi connectivity index (χ4v) is 4.02. The van der Waals surface area contributed by atoms with Gasteiger partial charge in [-0.05, 0) is 59.7 Å². The van der Waals surface area contributed by atoms with Gasteiger partial charge in [-0.15, -0.1) is 0 Å². The Hall–Kier alpha value is -5.11. The van der Waals surface area contributed by atoms with Crippen molar-refractivity contribution in [3.05, 3.63) is 107 Å². The number of hydrazone groups is 1. The first-order valence-corrected chi connectivity index (χ1v) is 12.1. The molecule has 0 atom stereocenters. The van der Waals surface area contributed by atoms with Crippen LogP contribution >= 0.6 is 0 Å². The molecule has 2 amide bonds. The zero-order valence-corrected chi connectivity index (χ0v) is 20.6. The lowest BCUT2D eigenvalue weighted by Crippen LogP contribution is -2.32. The molecule has 0 saturated carbocycles. The Morgan fingerprint density at radius 1 is 0.947 bits per heavy atom. The average Bonchev–Trinajstić information content (AvgIpc) is 3.42. The van der Waals surface area contributed by atoms with Crippen molar-refractivity contribution in [2.45, 2.75) is 6.92 Å². The van der Waals surface area contributed by atoms with Gasteiger partial charge in [0.25, 0.3) is 11.8 Å². The molecule has 4 aromatic rings. The maximum Gasteiger partial charge on any atom is 0.287 e. The van der Waals surface area contributed by atoms with Gasteiger partial charge in [-0.3, -0.25) is 9.59 Å². The number of hydrogen-bond acceptors (Lipinski definition) is 6. The summed E-state index contributed by atoms with van der Waals surface area (Å²) < 4.78 is 16.6. The molecule has 2 N–H and O–H groups in total. The molecule has 0 bridgehead atoms. The largest absolute Gasteiger partial charge is 0.493 e. The summed E-state index contributed by atoms with van der Waals surface area (Å²) in [5.41, 5.74) is 4.34. The van der Waals surface area contributed by atoms with Crippen LogP contribution in [0.2, 0.25) is 0 Å². The molecule has 0 spiro atoms. The first-order valence-electron chi connectivity index (χ1n) is 12.1. The number of amides is 2. The van der Waals surface area contributed by atoms with Crippen LogP contribution in [0.5, 0.6) is 17.2 Å². The minimum Gasteiger partial charge on any atom is -0.493 e. The van der Waals surface area contributed by atoms with Gasteiger partial charge in [0.1, 0.15) is 11.4 Å². The maximum atomic E-state index is 13.2. The summed E-state index contributed by atoms with van der Waals surface area (Å²) in [7, 11) is 0. The Morgan fingerprint density at radius 3 is 2.58 bits per heavy atom. The molecule has 5 rings (SSSR count). The average molecular weight is 508 g/mol. The smallest absolute Gasteiger partial charge is 0.287 e. The SMILES string of the molecule is CCOc1ccc2ccccc2c1/C=N\NC(=O)/C(=C\c1ccc2c(c1)OCO2)NC(=O)c1ccccc1. The lowest BCUT2D eigenvalue weighted by Gasteiger charge is -2.11. The van der Waals surface area contributed by atoms with Gasteiger partial charge in [0.05, 0.1) is 12.8 Å². The van der Waals surface area contributed by atoms with Crippen LogP contribution in [0.1, 0.15) is 28.4 Å². The van der Waals surface area contributed by atoms with Gasteiger partial charge in [-0.1, -0.05) is 54.6 Å². The second-order valence-electron chi connectivity index (χ2n) is 8.32. The third-order valence-electron chi connectivity index (χ3n) is 5.83. The number of carbonyl (C=O) groups excluding carboxylic acids is 2. The van der Waals surface area contributed by atoms with E-state index in [4.69, 9.17) is 14.2 Å². The summed E-state index contributed by atoms with van der Waals surface area (Å²) in [4.78, 5) is 26.1. The molecule has 1 heterocycles. The van der Waals surface area contributed by atoms with Gasteiger partial charge in [-0.2, -0.15) is 5.10 Å². The maximum absolute atomic E-state index is 13.2. The van der Waals surface area contributed by atoms with Crippen molar-refractivity contribution < 1.29 is 23.8 Å². The van der Waals surface area contributed by atoms with Gasteiger partial charge in [0.2, 0.25) is 6.79 Å². The van der Waals surface area contributed by atoms with Crippen molar-refractivity contribution in [2.24, 2.45) is 5.10 Å². The fourth-order valence-electron chi connectivity index (χ4n) is 4.02. The van der Waals surface area contributed by atoms with E-state index in [1.54, 1.807) is 54.8 Å². The number of fused-ring (bicyclic) bond motifs is 2. The zero-order chi connectivity index (χ0) is 26.3. The van der Waals surface area contributed by atoms with Crippen LogP contribution in [-0.4, -0.2) is 31.4 Å². The third kappa shape index (κ3) is 5.49. The van der Waals surface area contributed by atoms with E-state index in [0.29, 0.717) is 35.0 Å². The number of carbonyl (C=O) groups is 2. The topological polar surface area (TPSA) is 98.2 Å². The number of nitrogens with zero attached hydrogens (tertiary/aromatic N) is 1. The molecule has 8 nitrogen and oxygen atoms in total. The van der Waals surface area contributed by atoms with E-state index in [1.807, 2.05) is 49.4 Å². The number of ether oxygens (including phenoxy) is 3. The van der Waals surface area contributed by atoms with Crippen molar-refractivity contribution in [1.29, 1.82) is 0 Å². The van der Waals surface area contributed by atoms with Crippen LogP contribution in [0.15, 0.2) is 95.7 Å². The normalized spacial score (nSPS) is 12.5. The van der Waals surface area contributed by atoms with E-state index < -0.39 is 11.8 Å².